The Labute approximate surface area is 121 Å². The van der Waals surface area contributed by atoms with E-state index < -0.39 is 10.7 Å². The van der Waals surface area contributed by atoms with Crippen LogP contribution in [0, 0.1) is 21.4 Å². The number of hydrogen-bond donors (Lipinski definition) is 0. The van der Waals surface area contributed by atoms with Gasteiger partial charge in [-0.1, -0.05) is 0 Å². The lowest BCUT2D eigenvalue weighted by Gasteiger charge is -2.38. The fraction of sp³-hybridized carbons (Fsp3) is 0.500. The average Bonchev–Trinajstić information content (AvgIpc) is 2.96. The molecule has 0 atom stereocenters. The Morgan fingerprint density at radius 2 is 1.95 bits per heavy atom. The third-order valence-corrected chi connectivity index (χ3v) is 3.98. The molecule has 1 aromatic carbocycles. The van der Waals surface area contributed by atoms with Gasteiger partial charge in [-0.2, -0.15) is 5.26 Å². The Bertz CT molecular complexity index is 595. The van der Waals surface area contributed by atoms with Crippen molar-refractivity contribution in [3.8, 4) is 6.07 Å². The lowest BCUT2D eigenvalue weighted by Crippen LogP contribution is -2.45. The predicted molar refractivity (Wildman–Crippen MR) is 73.9 cm³/mol. The number of piperidine rings is 1. The van der Waals surface area contributed by atoms with Gasteiger partial charge in [0.15, 0.2) is 5.79 Å². The van der Waals surface area contributed by atoms with Gasteiger partial charge in [-0.15, -0.1) is 0 Å². The van der Waals surface area contributed by atoms with Crippen molar-refractivity contribution in [3.63, 3.8) is 0 Å². The van der Waals surface area contributed by atoms with Gasteiger partial charge < -0.3 is 14.4 Å². The van der Waals surface area contributed by atoms with Crippen molar-refractivity contribution in [2.24, 2.45) is 0 Å². The van der Waals surface area contributed by atoms with Crippen LogP contribution in [0.25, 0.3) is 0 Å². The molecule has 110 valence electrons. The van der Waals surface area contributed by atoms with E-state index in [1.54, 1.807) is 12.1 Å². The largest absolute Gasteiger partial charge is 0.366 e. The summed E-state index contributed by atoms with van der Waals surface area (Å²) < 4.78 is 11.3. The maximum atomic E-state index is 11.2. The first-order chi connectivity index (χ1) is 10.1. The van der Waals surface area contributed by atoms with Crippen LogP contribution >= 0.6 is 0 Å². The zero-order valence-corrected chi connectivity index (χ0v) is 11.4. The predicted octanol–water partition coefficient (Wildman–Crippen LogP) is 1.81. The third-order valence-electron chi connectivity index (χ3n) is 3.98. The molecule has 2 saturated heterocycles. The average molecular weight is 289 g/mol. The Morgan fingerprint density at radius 1 is 1.29 bits per heavy atom. The van der Waals surface area contributed by atoms with Crippen molar-refractivity contribution in [2.75, 3.05) is 31.2 Å². The first kappa shape index (κ1) is 13.8. The molecule has 0 saturated carbocycles. The Balaban J connectivity index is 1.82. The molecule has 0 unspecified atom stereocenters. The van der Waals surface area contributed by atoms with Crippen LogP contribution in [0.15, 0.2) is 18.2 Å². The van der Waals surface area contributed by atoms with Crippen LogP contribution in [-0.2, 0) is 9.47 Å². The minimum Gasteiger partial charge on any atom is -0.366 e. The van der Waals surface area contributed by atoms with E-state index in [4.69, 9.17) is 14.7 Å². The number of rotatable bonds is 2. The van der Waals surface area contributed by atoms with E-state index in [0.717, 1.165) is 0 Å². The minimum absolute atomic E-state index is 0.0294. The molecule has 21 heavy (non-hydrogen) atoms. The third kappa shape index (κ3) is 2.55. The highest BCUT2D eigenvalue weighted by Gasteiger charge is 2.40. The van der Waals surface area contributed by atoms with Gasteiger partial charge in [-0.3, -0.25) is 10.1 Å². The number of nitrogens with zero attached hydrogens (tertiary/aromatic N) is 3. The van der Waals surface area contributed by atoms with Gasteiger partial charge >= 0.3 is 0 Å². The topological polar surface area (TPSA) is 88.6 Å². The van der Waals surface area contributed by atoms with Crippen LogP contribution in [0.4, 0.5) is 11.4 Å². The van der Waals surface area contributed by atoms with Crippen molar-refractivity contribution in [2.45, 2.75) is 18.6 Å². The van der Waals surface area contributed by atoms with Gasteiger partial charge in [-0.05, 0) is 12.1 Å². The van der Waals surface area contributed by atoms with Crippen molar-refractivity contribution < 1.29 is 14.4 Å². The molecule has 2 aliphatic heterocycles. The molecule has 0 radical (unpaired) electrons. The quantitative estimate of drug-likeness (QED) is 0.609. The van der Waals surface area contributed by atoms with E-state index in [1.165, 1.54) is 6.07 Å². The zero-order chi connectivity index (χ0) is 14.9. The molecule has 0 aliphatic carbocycles. The molecule has 7 nitrogen and oxygen atoms in total. The van der Waals surface area contributed by atoms with Crippen molar-refractivity contribution in [1.29, 1.82) is 5.26 Å². The molecule has 7 heteroatoms. The van der Waals surface area contributed by atoms with Gasteiger partial charge in [0.1, 0.15) is 5.69 Å². The van der Waals surface area contributed by atoms with Crippen LogP contribution in [0.2, 0.25) is 0 Å². The summed E-state index contributed by atoms with van der Waals surface area (Å²) in [6.07, 6.45) is 1.37. The summed E-state index contributed by atoms with van der Waals surface area (Å²) in [6, 6.07) is 6.50. The number of hydrogen-bond acceptors (Lipinski definition) is 6. The maximum absolute atomic E-state index is 11.2. The summed E-state index contributed by atoms with van der Waals surface area (Å²) in [7, 11) is 0. The second-order valence-corrected chi connectivity index (χ2v) is 5.17. The molecular formula is C14H15N3O4. The molecule has 0 N–H and O–H groups in total. The second-order valence-electron chi connectivity index (χ2n) is 5.17. The minimum atomic E-state index is -0.502. The normalized spacial score (nSPS) is 20.4. The van der Waals surface area contributed by atoms with E-state index in [1.807, 2.05) is 11.0 Å². The lowest BCUT2D eigenvalue weighted by molar-refractivity contribution is -0.384. The van der Waals surface area contributed by atoms with Crippen LogP contribution in [0.5, 0.6) is 0 Å². The number of anilines is 1. The molecule has 2 fully saturated rings. The van der Waals surface area contributed by atoms with Crippen LogP contribution in [0.1, 0.15) is 18.4 Å². The highest BCUT2D eigenvalue weighted by Crippen LogP contribution is 2.36. The van der Waals surface area contributed by atoms with Crippen molar-refractivity contribution >= 4 is 11.4 Å². The fourth-order valence-corrected chi connectivity index (χ4v) is 2.88. The summed E-state index contributed by atoms with van der Waals surface area (Å²) in [4.78, 5) is 12.7. The highest BCUT2D eigenvalue weighted by atomic mass is 16.7. The van der Waals surface area contributed by atoms with Gasteiger partial charge in [-0.25, -0.2) is 0 Å². The second kappa shape index (κ2) is 5.31. The lowest BCUT2D eigenvalue weighted by atomic mass is 10.0. The number of nitro benzene ring substituents is 1. The van der Waals surface area contributed by atoms with E-state index in [-0.39, 0.29) is 5.69 Å². The molecule has 0 bridgehead atoms. The molecule has 2 heterocycles. The molecule has 1 aromatic rings. The first-order valence-corrected chi connectivity index (χ1v) is 6.85. The van der Waals surface area contributed by atoms with E-state index >= 15 is 0 Å². The van der Waals surface area contributed by atoms with Crippen LogP contribution < -0.4 is 4.90 Å². The summed E-state index contributed by atoms with van der Waals surface area (Å²) >= 11 is 0. The van der Waals surface area contributed by atoms with Gasteiger partial charge in [0, 0.05) is 32.0 Å². The van der Waals surface area contributed by atoms with Crippen LogP contribution in [-0.4, -0.2) is 37.0 Å². The number of nitriles is 1. The van der Waals surface area contributed by atoms with Crippen molar-refractivity contribution in [1.82, 2.24) is 0 Å². The standard InChI is InChI=1S/C14H15N3O4/c15-10-11-1-2-12(13(9-11)17(18)19)16-5-3-14(4-6-16)20-7-8-21-14/h1-2,9H,3-8H2. The first-order valence-electron chi connectivity index (χ1n) is 6.85. The van der Waals surface area contributed by atoms with E-state index in [0.29, 0.717) is 50.4 Å². The van der Waals surface area contributed by atoms with Crippen molar-refractivity contribution in [3.05, 3.63) is 33.9 Å². The monoisotopic (exact) mass is 289 g/mol. The summed E-state index contributed by atoms with van der Waals surface area (Å²) in [5, 5.41) is 20.1. The Kier molecular flexibility index (Phi) is 3.49. The number of ether oxygens (including phenoxy) is 2. The molecule has 1 spiro atoms. The molecule has 0 amide bonds. The van der Waals surface area contributed by atoms with E-state index in [9.17, 15) is 10.1 Å². The summed E-state index contributed by atoms with van der Waals surface area (Å²) in [6.45, 7) is 2.48. The molecule has 2 aliphatic rings. The highest BCUT2D eigenvalue weighted by molar-refractivity contribution is 5.65. The summed E-state index contributed by atoms with van der Waals surface area (Å²) in [5.41, 5.74) is 0.812. The SMILES string of the molecule is N#Cc1ccc(N2CCC3(CC2)OCCO3)c([N+](=O)[O-])c1. The number of benzene rings is 1. The van der Waals surface area contributed by atoms with Gasteiger partial charge in [0.05, 0.1) is 29.8 Å². The fourth-order valence-electron chi connectivity index (χ4n) is 2.88. The Hall–Kier alpha value is -2.17. The summed E-state index contributed by atoms with van der Waals surface area (Å²) in [5.74, 6) is -0.502. The molecule has 3 rings (SSSR count). The molecule has 0 aromatic heterocycles. The molecular weight excluding hydrogens is 274 g/mol. The van der Waals surface area contributed by atoms with Crippen LogP contribution in [0.3, 0.4) is 0 Å². The van der Waals surface area contributed by atoms with E-state index in [2.05, 4.69) is 0 Å². The smallest absolute Gasteiger partial charge is 0.293 e. The zero-order valence-electron chi connectivity index (χ0n) is 11.4. The van der Waals surface area contributed by atoms with Gasteiger partial charge in [0.2, 0.25) is 0 Å². The van der Waals surface area contributed by atoms with Gasteiger partial charge in [0.25, 0.3) is 5.69 Å². The maximum Gasteiger partial charge on any atom is 0.293 e. The number of nitro groups is 1. The Morgan fingerprint density at radius 3 is 2.52 bits per heavy atom.